The molecule has 0 saturated heterocycles. The first-order chi connectivity index (χ1) is 9.50. The monoisotopic (exact) mass is 309 g/mol. The molecule has 2 aromatic heterocycles. The second kappa shape index (κ2) is 6.37. The second-order valence-corrected chi connectivity index (χ2v) is 6.21. The number of rotatable bonds is 5. The van der Waals surface area contributed by atoms with Crippen molar-refractivity contribution in [2.24, 2.45) is 0 Å². The van der Waals surface area contributed by atoms with Crippen LogP contribution in [-0.4, -0.2) is 9.81 Å². The minimum atomic E-state index is -0.414. The quantitative estimate of drug-likeness (QED) is 0.787. The fourth-order valence-electron chi connectivity index (χ4n) is 2.16. The molecule has 0 aromatic carbocycles. The molecule has 0 aliphatic carbocycles. The third-order valence-corrected chi connectivity index (χ3v) is 4.16. The molecular weight excluding hydrogens is 294 g/mol. The highest BCUT2D eigenvalue weighted by molar-refractivity contribution is 7.13. The Kier molecular flexibility index (Phi) is 4.78. The number of hydrogen-bond acceptors (Lipinski definition) is 3. The normalized spacial score (nSPS) is 11.0. The summed E-state index contributed by atoms with van der Waals surface area (Å²) in [5, 5.41) is 1.58. The van der Waals surface area contributed by atoms with Crippen molar-refractivity contribution in [3.8, 4) is 10.6 Å². The molecule has 0 bridgehead atoms. The van der Waals surface area contributed by atoms with Gasteiger partial charge in [-0.25, -0.2) is 0 Å². The van der Waals surface area contributed by atoms with Gasteiger partial charge in [0.15, 0.2) is 0 Å². The smallest absolute Gasteiger partial charge is 0.254 e. The van der Waals surface area contributed by atoms with Gasteiger partial charge in [0.05, 0.1) is 10.6 Å². The number of thiophene rings is 1. The predicted molar refractivity (Wildman–Crippen MR) is 83.6 cm³/mol. The van der Waals surface area contributed by atoms with E-state index in [2.05, 4.69) is 0 Å². The van der Waals surface area contributed by atoms with Gasteiger partial charge >= 0.3 is 0 Å². The zero-order valence-electron chi connectivity index (χ0n) is 11.4. The number of pyridine rings is 1. The molecule has 0 amide bonds. The third kappa shape index (κ3) is 3.19. The molecule has 0 aliphatic rings. The molecule has 2 rings (SSSR count). The maximum atomic E-state index is 12.6. The minimum Gasteiger partial charge on any atom is -0.305 e. The molecule has 0 saturated carbocycles. The number of carbonyl (C=O) groups is 1. The lowest BCUT2D eigenvalue weighted by molar-refractivity contribution is -0.111. The topological polar surface area (TPSA) is 39.1 Å². The number of halogens is 1. The van der Waals surface area contributed by atoms with Gasteiger partial charge in [0, 0.05) is 18.0 Å². The van der Waals surface area contributed by atoms with Crippen molar-refractivity contribution in [2.75, 3.05) is 0 Å². The van der Waals surface area contributed by atoms with E-state index in [9.17, 15) is 9.59 Å². The summed E-state index contributed by atoms with van der Waals surface area (Å²) in [7, 11) is 0. The second-order valence-electron chi connectivity index (χ2n) is 4.85. The van der Waals surface area contributed by atoms with Gasteiger partial charge in [-0.05, 0) is 49.4 Å². The minimum absolute atomic E-state index is 0.0381. The maximum absolute atomic E-state index is 12.6. The van der Waals surface area contributed by atoms with E-state index in [0.717, 1.165) is 10.6 Å². The molecule has 106 valence electrons. The summed E-state index contributed by atoms with van der Waals surface area (Å²) in [6.45, 7) is 3.96. The van der Waals surface area contributed by atoms with Gasteiger partial charge in [-0.2, -0.15) is 0 Å². The van der Waals surface area contributed by atoms with Crippen molar-refractivity contribution in [1.82, 2.24) is 4.57 Å². The van der Waals surface area contributed by atoms with E-state index < -0.39 is 5.24 Å². The van der Waals surface area contributed by atoms with Crippen LogP contribution in [0.3, 0.4) is 0 Å². The van der Waals surface area contributed by atoms with Crippen LogP contribution in [-0.2, 0) is 11.2 Å². The summed E-state index contributed by atoms with van der Waals surface area (Å²) in [5.41, 5.74) is 1.51. The van der Waals surface area contributed by atoms with E-state index in [4.69, 9.17) is 11.6 Å². The van der Waals surface area contributed by atoms with Crippen molar-refractivity contribution < 1.29 is 4.79 Å². The van der Waals surface area contributed by atoms with Gasteiger partial charge in [0.2, 0.25) is 5.24 Å². The molecule has 2 heterocycles. The predicted octanol–water partition coefficient (Wildman–Crippen LogP) is 3.86. The van der Waals surface area contributed by atoms with Crippen LogP contribution in [0.2, 0.25) is 0 Å². The van der Waals surface area contributed by atoms with Crippen molar-refractivity contribution >= 4 is 28.2 Å². The van der Waals surface area contributed by atoms with E-state index >= 15 is 0 Å². The van der Waals surface area contributed by atoms with Crippen LogP contribution in [0.5, 0.6) is 0 Å². The van der Waals surface area contributed by atoms with Crippen LogP contribution in [0, 0.1) is 0 Å². The standard InChI is InChI=1S/C15H16ClNO2S/c1-10(2)17-12(13-4-3-9-20-13)7-5-11(15(17)19)6-8-14(16)18/h3-5,7,9-10H,6,8H2,1-2H3. The van der Waals surface area contributed by atoms with Gasteiger partial charge in [-0.1, -0.05) is 12.1 Å². The van der Waals surface area contributed by atoms with E-state index in [0.29, 0.717) is 12.0 Å². The highest BCUT2D eigenvalue weighted by Crippen LogP contribution is 2.26. The molecular formula is C15H16ClNO2S. The summed E-state index contributed by atoms with van der Waals surface area (Å²) >= 11 is 6.95. The lowest BCUT2D eigenvalue weighted by Gasteiger charge is -2.17. The van der Waals surface area contributed by atoms with Crippen molar-refractivity contribution in [1.29, 1.82) is 0 Å². The summed E-state index contributed by atoms with van der Waals surface area (Å²) in [6, 6.07) is 7.78. The number of aryl methyl sites for hydroxylation is 1. The van der Waals surface area contributed by atoms with E-state index in [1.165, 1.54) is 0 Å². The third-order valence-electron chi connectivity index (χ3n) is 3.08. The van der Waals surface area contributed by atoms with Crippen LogP contribution < -0.4 is 5.56 Å². The largest absolute Gasteiger partial charge is 0.305 e. The molecule has 0 unspecified atom stereocenters. The first-order valence-corrected chi connectivity index (χ1v) is 7.73. The summed E-state index contributed by atoms with van der Waals surface area (Å²) in [4.78, 5) is 24.5. The Morgan fingerprint density at radius 3 is 2.65 bits per heavy atom. The van der Waals surface area contributed by atoms with Gasteiger partial charge in [-0.3, -0.25) is 9.59 Å². The molecule has 20 heavy (non-hydrogen) atoms. The van der Waals surface area contributed by atoms with Crippen LogP contribution in [0.25, 0.3) is 10.6 Å². The van der Waals surface area contributed by atoms with Crippen LogP contribution >= 0.6 is 22.9 Å². The Balaban J connectivity index is 2.49. The average Bonchev–Trinajstić information content (AvgIpc) is 2.89. The van der Waals surface area contributed by atoms with Gasteiger partial charge in [0.25, 0.3) is 5.56 Å². The first-order valence-electron chi connectivity index (χ1n) is 6.47. The Labute approximate surface area is 126 Å². The number of aromatic nitrogens is 1. The van der Waals surface area contributed by atoms with Gasteiger partial charge < -0.3 is 4.57 Å². The Morgan fingerprint density at radius 1 is 1.35 bits per heavy atom. The summed E-state index contributed by atoms with van der Waals surface area (Å²) in [6.07, 6.45) is 0.575. The number of nitrogens with zero attached hydrogens (tertiary/aromatic N) is 1. The van der Waals surface area contributed by atoms with Crippen LogP contribution in [0.1, 0.15) is 31.9 Å². The molecule has 0 aliphatic heterocycles. The summed E-state index contributed by atoms with van der Waals surface area (Å²) in [5.74, 6) is 0. The van der Waals surface area contributed by atoms with E-state index in [1.54, 1.807) is 22.0 Å². The van der Waals surface area contributed by atoms with Crippen molar-refractivity contribution in [3.63, 3.8) is 0 Å². The van der Waals surface area contributed by atoms with Crippen molar-refractivity contribution in [2.45, 2.75) is 32.7 Å². The molecule has 0 spiro atoms. The van der Waals surface area contributed by atoms with E-state index in [1.807, 2.05) is 37.4 Å². The fourth-order valence-corrected chi connectivity index (χ4v) is 3.00. The lowest BCUT2D eigenvalue weighted by Crippen LogP contribution is -2.26. The lowest BCUT2D eigenvalue weighted by atomic mass is 10.1. The molecule has 2 aromatic rings. The molecule has 0 fully saturated rings. The zero-order chi connectivity index (χ0) is 14.7. The Hall–Kier alpha value is -1.39. The van der Waals surface area contributed by atoms with Crippen LogP contribution in [0.15, 0.2) is 34.4 Å². The van der Waals surface area contributed by atoms with Crippen molar-refractivity contribution in [3.05, 3.63) is 45.6 Å². The summed E-state index contributed by atoms with van der Waals surface area (Å²) < 4.78 is 1.78. The number of hydrogen-bond donors (Lipinski definition) is 0. The highest BCUT2D eigenvalue weighted by atomic mass is 35.5. The van der Waals surface area contributed by atoms with Gasteiger partial charge in [-0.15, -0.1) is 11.3 Å². The molecule has 0 radical (unpaired) electrons. The SMILES string of the molecule is CC(C)n1c(-c2cccs2)ccc(CCC(=O)Cl)c1=O. The maximum Gasteiger partial charge on any atom is 0.254 e. The average molecular weight is 310 g/mol. The van der Waals surface area contributed by atoms with Gasteiger partial charge in [0.1, 0.15) is 0 Å². The fraction of sp³-hybridized carbons (Fsp3) is 0.333. The highest BCUT2D eigenvalue weighted by Gasteiger charge is 2.14. The Morgan fingerprint density at radius 2 is 2.10 bits per heavy atom. The van der Waals surface area contributed by atoms with E-state index in [-0.39, 0.29) is 18.0 Å². The number of carbonyl (C=O) groups excluding carboxylic acids is 1. The Bertz CT molecular complexity index is 659. The molecule has 3 nitrogen and oxygen atoms in total. The molecule has 5 heteroatoms. The molecule has 0 N–H and O–H groups in total. The first kappa shape index (κ1) is 15.0. The molecule has 0 atom stereocenters. The zero-order valence-corrected chi connectivity index (χ0v) is 13.0. The van der Waals surface area contributed by atoms with Crippen LogP contribution in [0.4, 0.5) is 0 Å².